The molecule has 0 heterocycles. The molecule has 0 aliphatic heterocycles. The van der Waals surface area contributed by atoms with Crippen LogP contribution in [0.4, 0.5) is 11.4 Å². The van der Waals surface area contributed by atoms with E-state index >= 15 is 0 Å². The molecular formula is C30H39ClN2O2. The van der Waals surface area contributed by atoms with Gasteiger partial charge in [-0.05, 0) is 104 Å². The number of para-hydroxylation sites is 1. The number of ether oxygens (including phenoxy) is 1. The molecule has 5 rings (SSSR count). The van der Waals surface area contributed by atoms with Gasteiger partial charge in [0.1, 0.15) is 0 Å². The zero-order valence-electron chi connectivity index (χ0n) is 21.3. The number of carbonyl (C=O) groups is 1. The van der Waals surface area contributed by atoms with Gasteiger partial charge in [-0.2, -0.15) is 0 Å². The van der Waals surface area contributed by atoms with Crippen molar-refractivity contribution < 1.29 is 9.53 Å². The summed E-state index contributed by atoms with van der Waals surface area (Å²) < 4.78 is 4.93. The van der Waals surface area contributed by atoms with Crippen LogP contribution in [-0.4, -0.2) is 25.2 Å². The molecule has 3 aliphatic rings. The van der Waals surface area contributed by atoms with Crippen LogP contribution >= 0.6 is 11.6 Å². The number of benzene rings is 2. The van der Waals surface area contributed by atoms with Gasteiger partial charge in [0.2, 0.25) is 0 Å². The fourth-order valence-electron chi connectivity index (χ4n) is 7.48. The smallest absolute Gasteiger partial charge is 0.339 e. The maximum Gasteiger partial charge on any atom is 0.339 e. The molecule has 0 aromatic heterocycles. The molecule has 2 unspecified atom stereocenters. The molecular weight excluding hydrogens is 456 g/mol. The van der Waals surface area contributed by atoms with Gasteiger partial charge in [-0.15, -0.1) is 0 Å². The number of hydrogen-bond acceptors (Lipinski definition) is 4. The van der Waals surface area contributed by atoms with Crippen LogP contribution in [0, 0.1) is 17.8 Å². The summed E-state index contributed by atoms with van der Waals surface area (Å²) >= 11 is 6.87. The molecule has 0 amide bonds. The highest BCUT2D eigenvalue weighted by Crippen LogP contribution is 2.59. The Hall–Kier alpha value is -2.20. The van der Waals surface area contributed by atoms with Crippen molar-refractivity contribution in [3.8, 4) is 0 Å². The SMILES string of the molecule is COC(=O)c1ccccc1NC1CCC(Nc2ccc(C34CC(C)CC3CC(C)C4)cc2Cl)CC1. The van der Waals surface area contributed by atoms with Crippen molar-refractivity contribution in [2.45, 2.75) is 82.7 Å². The number of hydrogen-bond donors (Lipinski definition) is 2. The van der Waals surface area contributed by atoms with E-state index in [1.54, 1.807) is 0 Å². The highest BCUT2D eigenvalue weighted by atomic mass is 35.5. The number of fused-ring (bicyclic) bond motifs is 1. The van der Waals surface area contributed by atoms with Gasteiger partial charge in [-0.3, -0.25) is 0 Å². The Morgan fingerprint density at radius 2 is 1.51 bits per heavy atom. The van der Waals surface area contributed by atoms with E-state index in [1.807, 2.05) is 24.3 Å². The largest absolute Gasteiger partial charge is 0.465 e. The van der Waals surface area contributed by atoms with Crippen LogP contribution in [0.5, 0.6) is 0 Å². The fraction of sp³-hybridized carbons (Fsp3) is 0.567. The first-order valence-electron chi connectivity index (χ1n) is 13.4. The Morgan fingerprint density at radius 1 is 0.914 bits per heavy atom. The topological polar surface area (TPSA) is 50.4 Å². The van der Waals surface area contributed by atoms with Gasteiger partial charge in [-0.1, -0.05) is 43.6 Å². The average molecular weight is 495 g/mol. The molecule has 2 aromatic rings. The maximum atomic E-state index is 12.1. The minimum Gasteiger partial charge on any atom is -0.465 e. The van der Waals surface area contributed by atoms with Crippen LogP contribution in [0.25, 0.3) is 0 Å². The van der Waals surface area contributed by atoms with Crippen molar-refractivity contribution in [1.29, 1.82) is 0 Å². The van der Waals surface area contributed by atoms with Crippen molar-refractivity contribution in [2.75, 3.05) is 17.7 Å². The third kappa shape index (κ3) is 4.91. The predicted molar refractivity (Wildman–Crippen MR) is 144 cm³/mol. The second-order valence-electron chi connectivity index (χ2n) is 11.5. The molecule has 0 bridgehead atoms. The maximum absolute atomic E-state index is 12.1. The van der Waals surface area contributed by atoms with E-state index in [0.29, 0.717) is 23.1 Å². The van der Waals surface area contributed by atoms with E-state index in [1.165, 1.54) is 38.4 Å². The van der Waals surface area contributed by atoms with Gasteiger partial charge in [-0.25, -0.2) is 4.79 Å². The van der Waals surface area contributed by atoms with Gasteiger partial charge in [0.15, 0.2) is 0 Å². The molecule has 35 heavy (non-hydrogen) atoms. The molecule has 3 saturated carbocycles. The summed E-state index contributed by atoms with van der Waals surface area (Å²) in [5, 5.41) is 8.17. The summed E-state index contributed by atoms with van der Waals surface area (Å²) in [5.74, 6) is 2.14. The number of carbonyl (C=O) groups excluding carboxylic acids is 1. The normalized spacial score (nSPS) is 32.2. The number of anilines is 2. The number of halogens is 1. The third-order valence-electron chi connectivity index (χ3n) is 8.90. The molecule has 3 fully saturated rings. The molecule has 2 atom stereocenters. The molecule has 3 aliphatic carbocycles. The lowest BCUT2D eigenvalue weighted by atomic mass is 9.73. The lowest BCUT2D eigenvalue weighted by Crippen LogP contribution is -2.33. The second-order valence-corrected chi connectivity index (χ2v) is 11.9. The number of rotatable bonds is 6. The second kappa shape index (κ2) is 10.0. The van der Waals surface area contributed by atoms with Crippen LogP contribution in [0.2, 0.25) is 5.02 Å². The van der Waals surface area contributed by atoms with Gasteiger partial charge in [0, 0.05) is 17.8 Å². The zero-order chi connectivity index (χ0) is 24.6. The number of esters is 1. The van der Waals surface area contributed by atoms with Gasteiger partial charge in [0.25, 0.3) is 0 Å². The number of methoxy groups -OCH3 is 1. The van der Waals surface area contributed by atoms with E-state index in [-0.39, 0.29) is 5.97 Å². The molecule has 0 spiro atoms. The molecule has 2 N–H and O–H groups in total. The zero-order valence-corrected chi connectivity index (χ0v) is 22.0. The van der Waals surface area contributed by atoms with Crippen molar-refractivity contribution in [1.82, 2.24) is 0 Å². The Balaban J connectivity index is 1.20. The predicted octanol–water partition coefficient (Wildman–Crippen LogP) is 7.68. The monoisotopic (exact) mass is 494 g/mol. The first kappa shape index (κ1) is 24.5. The molecule has 5 heteroatoms. The van der Waals surface area contributed by atoms with Crippen LogP contribution < -0.4 is 10.6 Å². The van der Waals surface area contributed by atoms with Crippen molar-refractivity contribution in [2.24, 2.45) is 17.8 Å². The van der Waals surface area contributed by atoms with Crippen LogP contribution in [0.15, 0.2) is 42.5 Å². The van der Waals surface area contributed by atoms with Crippen LogP contribution in [0.3, 0.4) is 0 Å². The standard InChI is InChI=1S/C30H39ClN2O2/c1-19-14-22-15-20(2)18-30(22,17-19)21-8-13-28(26(31)16-21)33-24-11-9-23(10-12-24)32-27-7-5-4-6-25(27)29(34)35-3/h4-8,13,16,19-20,22-24,32-33H,9-12,14-15,17-18H2,1-3H3. The highest BCUT2D eigenvalue weighted by molar-refractivity contribution is 6.33. The summed E-state index contributed by atoms with van der Waals surface area (Å²) in [6.45, 7) is 4.84. The Kier molecular flexibility index (Phi) is 7.03. The Bertz CT molecular complexity index is 1050. The Labute approximate surface area is 215 Å². The summed E-state index contributed by atoms with van der Waals surface area (Å²) in [4.78, 5) is 12.1. The molecule has 2 aromatic carbocycles. The average Bonchev–Trinajstić information content (AvgIpc) is 3.32. The first-order valence-corrected chi connectivity index (χ1v) is 13.8. The van der Waals surface area contributed by atoms with Gasteiger partial charge < -0.3 is 15.4 Å². The lowest BCUT2D eigenvalue weighted by molar-refractivity contribution is 0.0601. The van der Waals surface area contributed by atoms with Gasteiger partial charge >= 0.3 is 5.97 Å². The first-order chi connectivity index (χ1) is 16.9. The highest BCUT2D eigenvalue weighted by Gasteiger charge is 2.52. The molecule has 0 saturated heterocycles. The van der Waals surface area contributed by atoms with Crippen LogP contribution in [-0.2, 0) is 10.2 Å². The summed E-state index contributed by atoms with van der Waals surface area (Å²) in [5.41, 5.74) is 4.31. The van der Waals surface area contributed by atoms with E-state index in [9.17, 15) is 4.79 Å². The lowest BCUT2D eigenvalue weighted by Gasteiger charge is -2.33. The van der Waals surface area contributed by atoms with E-state index in [0.717, 1.165) is 59.8 Å². The summed E-state index contributed by atoms with van der Waals surface area (Å²) in [6.07, 6.45) is 9.57. The fourth-order valence-corrected chi connectivity index (χ4v) is 7.71. The minimum absolute atomic E-state index is 0.300. The van der Waals surface area contributed by atoms with E-state index in [4.69, 9.17) is 16.3 Å². The van der Waals surface area contributed by atoms with Crippen molar-refractivity contribution >= 4 is 28.9 Å². The van der Waals surface area contributed by atoms with Crippen molar-refractivity contribution in [3.05, 3.63) is 58.6 Å². The van der Waals surface area contributed by atoms with E-state index in [2.05, 4.69) is 42.7 Å². The Morgan fingerprint density at radius 3 is 2.11 bits per heavy atom. The van der Waals surface area contributed by atoms with Crippen molar-refractivity contribution in [3.63, 3.8) is 0 Å². The molecule has 0 radical (unpaired) electrons. The minimum atomic E-state index is -0.300. The number of nitrogens with one attached hydrogen (secondary N) is 2. The molecule has 188 valence electrons. The summed E-state index contributed by atoms with van der Waals surface area (Å²) in [7, 11) is 1.42. The summed E-state index contributed by atoms with van der Waals surface area (Å²) in [6, 6.07) is 15.2. The van der Waals surface area contributed by atoms with E-state index < -0.39 is 0 Å². The van der Waals surface area contributed by atoms with Crippen LogP contribution in [0.1, 0.15) is 81.1 Å². The molecule has 4 nitrogen and oxygen atoms in total. The quantitative estimate of drug-likeness (QED) is 0.404. The van der Waals surface area contributed by atoms with Gasteiger partial charge in [0.05, 0.1) is 23.4 Å². The third-order valence-corrected chi connectivity index (χ3v) is 9.22.